The van der Waals surface area contributed by atoms with Crippen molar-refractivity contribution in [3.8, 4) is 6.07 Å². The summed E-state index contributed by atoms with van der Waals surface area (Å²) < 4.78 is 39.8. The Bertz CT molecular complexity index is 1190. The van der Waals surface area contributed by atoms with Gasteiger partial charge in [-0.25, -0.2) is 22.5 Å². The van der Waals surface area contributed by atoms with Crippen molar-refractivity contribution >= 4 is 32.4 Å². The van der Waals surface area contributed by atoms with E-state index in [1.165, 1.54) is 47.7 Å². The quantitative estimate of drug-likeness (QED) is 0.518. The number of thiazole rings is 1. The number of aromatic nitrogens is 1. The molecule has 0 aliphatic heterocycles. The highest BCUT2D eigenvalue weighted by Gasteiger charge is 2.15. The second kappa shape index (κ2) is 9.58. The van der Waals surface area contributed by atoms with Crippen LogP contribution in [0.2, 0.25) is 0 Å². The van der Waals surface area contributed by atoms with Crippen LogP contribution in [-0.2, 0) is 16.4 Å². The van der Waals surface area contributed by atoms with Gasteiger partial charge in [-0.1, -0.05) is 12.1 Å². The zero-order valence-electron chi connectivity index (χ0n) is 15.6. The Morgan fingerprint density at radius 2 is 1.97 bits per heavy atom. The van der Waals surface area contributed by atoms with E-state index in [1.54, 1.807) is 12.3 Å². The molecule has 10 heteroatoms. The fraction of sp³-hybridized carbons (Fsp3) is 0.150. The Morgan fingerprint density at radius 1 is 1.20 bits per heavy atom. The van der Waals surface area contributed by atoms with E-state index in [1.807, 2.05) is 12.1 Å². The standard InChI is InChI=1S/C20H17FN4O3S2/c21-16-4-1-3-14(11-16)12-17-13-23-20(29-17)25-19(26)15-5-7-18(8-6-15)30(27,28)24-10-2-9-22/h1,3-8,11,13,24H,2,10,12H2,(H,23,25,26). The SMILES string of the molecule is N#CCCNS(=O)(=O)c1ccc(C(=O)Nc2ncc(Cc3cccc(F)c3)s2)cc1. The molecule has 0 atom stereocenters. The lowest BCUT2D eigenvalue weighted by Gasteiger charge is -2.06. The predicted octanol–water partition coefficient (Wildman–Crippen LogP) is 3.32. The third kappa shape index (κ3) is 5.70. The first-order valence-electron chi connectivity index (χ1n) is 8.84. The predicted molar refractivity (Wildman–Crippen MR) is 111 cm³/mol. The van der Waals surface area contributed by atoms with Gasteiger partial charge < -0.3 is 0 Å². The van der Waals surface area contributed by atoms with Crippen molar-refractivity contribution in [1.29, 1.82) is 5.26 Å². The average molecular weight is 445 g/mol. The fourth-order valence-corrected chi connectivity index (χ4v) is 4.45. The van der Waals surface area contributed by atoms with Gasteiger partial charge in [0.25, 0.3) is 5.91 Å². The Morgan fingerprint density at radius 3 is 2.67 bits per heavy atom. The number of anilines is 1. The van der Waals surface area contributed by atoms with Crippen LogP contribution in [0.1, 0.15) is 27.2 Å². The highest BCUT2D eigenvalue weighted by atomic mass is 32.2. The fourth-order valence-electron chi connectivity index (χ4n) is 2.57. The van der Waals surface area contributed by atoms with Crippen molar-refractivity contribution in [3.63, 3.8) is 0 Å². The first kappa shape index (κ1) is 21.6. The molecule has 2 aromatic carbocycles. The molecule has 1 heterocycles. The van der Waals surface area contributed by atoms with Gasteiger partial charge in [0.2, 0.25) is 10.0 Å². The zero-order valence-corrected chi connectivity index (χ0v) is 17.3. The largest absolute Gasteiger partial charge is 0.298 e. The maximum absolute atomic E-state index is 13.3. The second-order valence-corrected chi connectivity index (χ2v) is 9.10. The second-order valence-electron chi connectivity index (χ2n) is 6.22. The van der Waals surface area contributed by atoms with Crippen LogP contribution >= 0.6 is 11.3 Å². The first-order chi connectivity index (χ1) is 14.4. The van der Waals surface area contributed by atoms with Crippen molar-refractivity contribution in [2.24, 2.45) is 0 Å². The average Bonchev–Trinajstić information content (AvgIpc) is 3.15. The molecule has 0 fully saturated rings. The maximum Gasteiger partial charge on any atom is 0.257 e. The smallest absolute Gasteiger partial charge is 0.257 e. The van der Waals surface area contributed by atoms with E-state index in [4.69, 9.17) is 5.26 Å². The molecule has 3 rings (SSSR count). The van der Waals surface area contributed by atoms with Gasteiger partial charge in [-0.05, 0) is 42.0 Å². The van der Waals surface area contributed by atoms with Gasteiger partial charge in [-0.2, -0.15) is 5.26 Å². The van der Waals surface area contributed by atoms with Gasteiger partial charge in [-0.3, -0.25) is 10.1 Å². The van der Waals surface area contributed by atoms with Gasteiger partial charge in [0, 0.05) is 36.0 Å². The van der Waals surface area contributed by atoms with Crippen molar-refractivity contribution in [2.45, 2.75) is 17.7 Å². The van der Waals surface area contributed by atoms with E-state index in [0.717, 1.165) is 10.4 Å². The first-order valence-corrected chi connectivity index (χ1v) is 11.1. The number of sulfonamides is 1. The van der Waals surface area contributed by atoms with Crippen molar-refractivity contribution in [3.05, 3.63) is 76.5 Å². The van der Waals surface area contributed by atoms with Crippen LogP contribution in [0.4, 0.5) is 9.52 Å². The number of hydrogen-bond donors (Lipinski definition) is 2. The van der Waals surface area contributed by atoms with Gasteiger partial charge in [-0.15, -0.1) is 11.3 Å². The lowest BCUT2D eigenvalue weighted by Crippen LogP contribution is -2.24. The number of halogens is 1. The molecule has 1 amide bonds. The highest BCUT2D eigenvalue weighted by molar-refractivity contribution is 7.89. The summed E-state index contributed by atoms with van der Waals surface area (Å²) in [6.07, 6.45) is 2.18. The number of nitrogens with zero attached hydrogens (tertiary/aromatic N) is 2. The lowest BCUT2D eigenvalue weighted by molar-refractivity contribution is 0.102. The molecule has 0 aliphatic rings. The van der Waals surface area contributed by atoms with Crippen molar-refractivity contribution < 1.29 is 17.6 Å². The number of nitrogens with one attached hydrogen (secondary N) is 2. The van der Waals surface area contributed by atoms with Crippen LogP contribution in [-0.4, -0.2) is 25.9 Å². The summed E-state index contributed by atoms with van der Waals surface area (Å²) in [6.45, 7) is 0.0169. The number of carbonyl (C=O) groups is 1. The monoisotopic (exact) mass is 444 g/mol. The molecule has 0 saturated heterocycles. The number of rotatable bonds is 8. The molecule has 0 saturated carbocycles. The van der Waals surface area contributed by atoms with E-state index in [-0.39, 0.29) is 29.2 Å². The van der Waals surface area contributed by atoms with Crippen LogP contribution in [0.25, 0.3) is 0 Å². The van der Waals surface area contributed by atoms with E-state index in [2.05, 4.69) is 15.0 Å². The van der Waals surface area contributed by atoms with Crippen LogP contribution in [0.15, 0.2) is 59.6 Å². The minimum atomic E-state index is -3.73. The van der Waals surface area contributed by atoms with Crippen LogP contribution in [0.3, 0.4) is 0 Å². The number of hydrogen-bond acceptors (Lipinski definition) is 6. The van der Waals surface area contributed by atoms with Crippen molar-refractivity contribution in [2.75, 3.05) is 11.9 Å². The molecular weight excluding hydrogens is 427 g/mol. The molecule has 154 valence electrons. The third-order valence-electron chi connectivity index (χ3n) is 4.00. The zero-order chi connectivity index (χ0) is 21.6. The molecule has 3 aromatic rings. The summed E-state index contributed by atoms with van der Waals surface area (Å²) in [5, 5.41) is 11.5. The summed E-state index contributed by atoms with van der Waals surface area (Å²) in [7, 11) is -3.73. The Hall–Kier alpha value is -3.13. The van der Waals surface area contributed by atoms with Gasteiger partial charge >= 0.3 is 0 Å². The molecule has 30 heavy (non-hydrogen) atoms. The minimum absolute atomic E-state index is 0.00335. The third-order valence-corrected chi connectivity index (χ3v) is 6.39. The lowest BCUT2D eigenvalue weighted by atomic mass is 10.1. The van der Waals surface area contributed by atoms with Gasteiger partial charge in [0.05, 0.1) is 11.0 Å². The Labute approximate surface area is 177 Å². The summed E-state index contributed by atoms with van der Waals surface area (Å²) in [5.41, 5.74) is 1.07. The van der Waals surface area contributed by atoms with E-state index in [9.17, 15) is 17.6 Å². The molecule has 0 radical (unpaired) electrons. The molecule has 0 bridgehead atoms. The van der Waals surface area contributed by atoms with Crippen LogP contribution < -0.4 is 10.0 Å². The summed E-state index contributed by atoms with van der Waals surface area (Å²) in [5.74, 6) is -0.737. The molecular formula is C20H17FN4O3S2. The van der Waals surface area contributed by atoms with Crippen molar-refractivity contribution in [1.82, 2.24) is 9.71 Å². The number of amides is 1. The number of carbonyl (C=O) groups excluding carboxylic acids is 1. The molecule has 0 spiro atoms. The molecule has 0 aliphatic carbocycles. The highest BCUT2D eigenvalue weighted by Crippen LogP contribution is 2.22. The Kier molecular flexibility index (Phi) is 6.89. The number of nitriles is 1. The van der Waals surface area contributed by atoms with Crippen LogP contribution in [0, 0.1) is 17.1 Å². The summed E-state index contributed by atoms with van der Waals surface area (Å²) >= 11 is 1.28. The van der Waals surface area contributed by atoms with Crippen LogP contribution in [0.5, 0.6) is 0 Å². The van der Waals surface area contributed by atoms with Gasteiger partial charge in [0.1, 0.15) is 5.82 Å². The summed E-state index contributed by atoms with van der Waals surface area (Å²) in [4.78, 5) is 17.4. The molecule has 0 unspecified atom stereocenters. The van der Waals surface area contributed by atoms with Gasteiger partial charge in [0.15, 0.2) is 5.13 Å². The minimum Gasteiger partial charge on any atom is -0.298 e. The molecule has 7 nitrogen and oxygen atoms in total. The van der Waals surface area contributed by atoms with E-state index in [0.29, 0.717) is 11.6 Å². The topological polar surface area (TPSA) is 112 Å². The Balaban J connectivity index is 1.62. The summed E-state index contributed by atoms with van der Waals surface area (Å²) in [6, 6.07) is 13.6. The maximum atomic E-state index is 13.3. The normalized spacial score (nSPS) is 11.1. The van der Waals surface area contributed by atoms with E-state index < -0.39 is 15.9 Å². The number of benzene rings is 2. The molecule has 2 N–H and O–H groups in total. The van der Waals surface area contributed by atoms with E-state index >= 15 is 0 Å². The molecule has 1 aromatic heterocycles.